The Labute approximate surface area is 128 Å². The third-order valence-corrected chi connectivity index (χ3v) is 4.51. The van der Waals surface area contributed by atoms with Crippen LogP contribution in [0.5, 0.6) is 0 Å². The molecule has 0 unspecified atom stereocenters. The van der Waals surface area contributed by atoms with Crippen molar-refractivity contribution in [2.75, 3.05) is 6.61 Å². The van der Waals surface area contributed by atoms with E-state index in [2.05, 4.69) is 9.97 Å². The van der Waals surface area contributed by atoms with E-state index in [4.69, 9.17) is 16.3 Å². The van der Waals surface area contributed by atoms with Gasteiger partial charge in [-0.15, -0.1) is 0 Å². The van der Waals surface area contributed by atoms with Gasteiger partial charge in [-0.1, -0.05) is 30.9 Å². The molecule has 1 saturated carbocycles. The molecule has 0 spiro atoms. The number of H-pyrrole nitrogens is 1. The molecule has 0 aliphatic heterocycles. The molecule has 0 saturated heterocycles. The van der Waals surface area contributed by atoms with Gasteiger partial charge in [0.05, 0.1) is 17.6 Å². The van der Waals surface area contributed by atoms with Crippen LogP contribution in [0.1, 0.15) is 44.9 Å². The Morgan fingerprint density at radius 1 is 1.38 bits per heavy atom. The first-order valence-electron chi connectivity index (χ1n) is 7.49. The maximum atomic E-state index is 12.6. The minimum Gasteiger partial charge on any atom is -0.465 e. The van der Waals surface area contributed by atoms with Gasteiger partial charge in [-0.25, -0.2) is 4.98 Å². The lowest BCUT2D eigenvalue weighted by Gasteiger charge is -2.32. The van der Waals surface area contributed by atoms with Gasteiger partial charge in [0.1, 0.15) is 11.2 Å². The molecule has 1 aromatic carbocycles. The number of rotatable bonds is 3. The Hall–Kier alpha value is -1.55. The summed E-state index contributed by atoms with van der Waals surface area (Å²) < 4.78 is 5.33. The van der Waals surface area contributed by atoms with E-state index in [0.717, 1.165) is 49.0 Å². The Morgan fingerprint density at radius 2 is 2.14 bits per heavy atom. The summed E-state index contributed by atoms with van der Waals surface area (Å²) >= 11 is 6.02. The number of imidazole rings is 1. The second-order valence-corrected chi connectivity index (χ2v) is 6.05. The minimum atomic E-state index is -0.625. The zero-order valence-electron chi connectivity index (χ0n) is 12.1. The van der Waals surface area contributed by atoms with Crippen LogP contribution in [0.15, 0.2) is 18.2 Å². The Morgan fingerprint density at radius 3 is 2.86 bits per heavy atom. The van der Waals surface area contributed by atoms with Crippen molar-refractivity contribution in [3.8, 4) is 0 Å². The average molecular weight is 307 g/mol. The molecule has 5 heteroatoms. The number of nitrogens with one attached hydrogen (secondary N) is 1. The van der Waals surface area contributed by atoms with E-state index < -0.39 is 5.41 Å². The molecule has 1 aromatic heterocycles. The Kier molecular flexibility index (Phi) is 3.89. The number of aromatic amines is 1. The Balaban J connectivity index is 2.07. The van der Waals surface area contributed by atoms with Gasteiger partial charge in [0, 0.05) is 5.02 Å². The number of aromatic nitrogens is 2. The van der Waals surface area contributed by atoms with Gasteiger partial charge in [-0.3, -0.25) is 4.79 Å². The zero-order chi connectivity index (χ0) is 14.9. The third-order valence-electron chi connectivity index (χ3n) is 4.27. The van der Waals surface area contributed by atoms with Crippen LogP contribution in [-0.2, 0) is 14.9 Å². The largest absolute Gasteiger partial charge is 0.465 e. The molecule has 1 aliphatic carbocycles. The van der Waals surface area contributed by atoms with Gasteiger partial charge in [-0.05, 0) is 38.0 Å². The smallest absolute Gasteiger partial charge is 0.319 e. The summed E-state index contributed by atoms with van der Waals surface area (Å²) in [5, 5.41) is 0.659. The molecule has 2 aromatic rings. The molecule has 1 fully saturated rings. The van der Waals surface area contributed by atoms with Gasteiger partial charge < -0.3 is 9.72 Å². The van der Waals surface area contributed by atoms with Crippen LogP contribution in [0.3, 0.4) is 0 Å². The van der Waals surface area contributed by atoms with Crippen LogP contribution in [0.25, 0.3) is 11.0 Å². The van der Waals surface area contributed by atoms with Crippen molar-refractivity contribution < 1.29 is 9.53 Å². The number of ether oxygens (including phenoxy) is 1. The highest BCUT2D eigenvalue weighted by Crippen LogP contribution is 2.40. The number of benzene rings is 1. The lowest BCUT2D eigenvalue weighted by molar-refractivity contribution is -0.152. The van der Waals surface area contributed by atoms with E-state index in [-0.39, 0.29) is 5.97 Å². The summed E-state index contributed by atoms with van der Waals surface area (Å²) in [5.41, 5.74) is 1.08. The maximum absolute atomic E-state index is 12.6. The lowest BCUT2D eigenvalue weighted by Crippen LogP contribution is -2.40. The molecule has 1 aliphatic rings. The maximum Gasteiger partial charge on any atom is 0.319 e. The monoisotopic (exact) mass is 306 g/mol. The molecular formula is C16H19ClN2O2. The van der Waals surface area contributed by atoms with Crippen LogP contribution < -0.4 is 0 Å². The molecule has 1 heterocycles. The van der Waals surface area contributed by atoms with Crippen molar-refractivity contribution in [2.24, 2.45) is 0 Å². The van der Waals surface area contributed by atoms with E-state index in [1.807, 2.05) is 25.1 Å². The molecule has 0 amide bonds. The first-order valence-corrected chi connectivity index (χ1v) is 7.86. The quantitative estimate of drug-likeness (QED) is 0.873. The van der Waals surface area contributed by atoms with Crippen molar-refractivity contribution in [3.63, 3.8) is 0 Å². The average Bonchev–Trinajstić information content (AvgIpc) is 2.91. The standard InChI is InChI=1S/C16H19ClN2O2/c1-2-21-15(20)16(8-4-3-5-9-16)14-18-12-7-6-11(17)10-13(12)19-14/h6-7,10H,2-5,8-9H2,1H3,(H,18,19). The third kappa shape index (κ3) is 2.53. The highest BCUT2D eigenvalue weighted by atomic mass is 35.5. The number of carbonyl (C=O) groups is 1. The van der Waals surface area contributed by atoms with Gasteiger partial charge in [-0.2, -0.15) is 0 Å². The first-order chi connectivity index (χ1) is 10.2. The SMILES string of the molecule is CCOC(=O)C1(c2nc3ccc(Cl)cc3[nH]2)CCCCC1. The highest BCUT2D eigenvalue weighted by Gasteiger charge is 2.45. The van der Waals surface area contributed by atoms with Crippen LogP contribution in [0.4, 0.5) is 0 Å². The highest BCUT2D eigenvalue weighted by molar-refractivity contribution is 6.31. The van der Waals surface area contributed by atoms with E-state index in [1.54, 1.807) is 0 Å². The fraction of sp³-hybridized carbons (Fsp3) is 0.500. The molecule has 3 rings (SSSR count). The second kappa shape index (κ2) is 5.68. The lowest BCUT2D eigenvalue weighted by atomic mass is 9.73. The molecule has 21 heavy (non-hydrogen) atoms. The number of carbonyl (C=O) groups excluding carboxylic acids is 1. The fourth-order valence-electron chi connectivity index (χ4n) is 3.17. The van der Waals surface area contributed by atoms with Gasteiger partial charge in [0.2, 0.25) is 0 Å². The number of hydrogen-bond donors (Lipinski definition) is 1. The summed E-state index contributed by atoms with van der Waals surface area (Å²) in [6, 6.07) is 5.53. The molecule has 0 atom stereocenters. The second-order valence-electron chi connectivity index (χ2n) is 5.61. The molecule has 1 N–H and O–H groups in total. The van der Waals surface area contributed by atoms with Crippen LogP contribution in [0, 0.1) is 0 Å². The topological polar surface area (TPSA) is 55.0 Å². The van der Waals surface area contributed by atoms with E-state index in [9.17, 15) is 4.79 Å². The predicted octanol–water partition coefficient (Wildman–Crippen LogP) is 3.98. The fourth-order valence-corrected chi connectivity index (χ4v) is 3.34. The normalized spacial score (nSPS) is 17.8. The van der Waals surface area contributed by atoms with Gasteiger partial charge in [0.15, 0.2) is 0 Å². The summed E-state index contributed by atoms with van der Waals surface area (Å²) in [6.07, 6.45) is 4.79. The van der Waals surface area contributed by atoms with Crippen molar-refractivity contribution in [3.05, 3.63) is 29.0 Å². The summed E-state index contributed by atoms with van der Waals surface area (Å²) in [5.74, 6) is 0.563. The van der Waals surface area contributed by atoms with Crippen LogP contribution in [0.2, 0.25) is 5.02 Å². The van der Waals surface area contributed by atoms with E-state index in [0.29, 0.717) is 11.6 Å². The van der Waals surface area contributed by atoms with Crippen molar-refractivity contribution in [2.45, 2.75) is 44.4 Å². The molecule has 0 bridgehead atoms. The van der Waals surface area contributed by atoms with Gasteiger partial charge in [0.25, 0.3) is 0 Å². The van der Waals surface area contributed by atoms with Crippen molar-refractivity contribution >= 4 is 28.6 Å². The van der Waals surface area contributed by atoms with E-state index in [1.165, 1.54) is 0 Å². The number of fused-ring (bicyclic) bond motifs is 1. The number of halogens is 1. The zero-order valence-corrected chi connectivity index (χ0v) is 12.9. The van der Waals surface area contributed by atoms with Gasteiger partial charge >= 0.3 is 5.97 Å². The molecule has 0 radical (unpaired) electrons. The van der Waals surface area contributed by atoms with E-state index >= 15 is 0 Å². The van der Waals surface area contributed by atoms with Crippen molar-refractivity contribution in [1.29, 1.82) is 0 Å². The number of nitrogens with zero attached hydrogens (tertiary/aromatic N) is 1. The van der Waals surface area contributed by atoms with Crippen LogP contribution in [-0.4, -0.2) is 22.5 Å². The summed E-state index contributed by atoms with van der Waals surface area (Å²) in [6.45, 7) is 2.24. The molecule has 4 nitrogen and oxygen atoms in total. The Bertz CT molecular complexity index is 659. The predicted molar refractivity (Wildman–Crippen MR) is 82.5 cm³/mol. The minimum absolute atomic E-state index is 0.158. The van der Waals surface area contributed by atoms with Crippen LogP contribution >= 0.6 is 11.6 Å². The first kappa shape index (κ1) is 14.4. The summed E-state index contributed by atoms with van der Waals surface area (Å²) in [7, 11) is 0. The van der Waals surface area contributed by atoms with Crippen molar-refractivity contribution in [1.82, 2.24) is 9.97 Å². The molecule has 112 valence electrons. The number of hydrogen-bond acceptors (Lipinski definition) is 3. The number of esters is 1. The molecular weight excluding hydrogens is 288 g/mol. The summed E-state index contributed by atoms with van der Waals surface area (Å²) in [4.78, 5) is 20.5.